The third kappa shape index (κ3) is 3.91. The van der Waals surface area contributed by atoms with E-state index in [1.165, 1.54) is 11.9 Å². The molecule has 0 saturated carbocycles. The molecule has 19 heavy (non-hydrogen) atoms. The Balaban J connectivity index is 1.82. The highest BCUT2D eigenvalue weighted by Crippen LogP contribution is 2.11. The van der Waals surface area contributed by atoms with Gasteiger partial charge in [-0.25, -0.2) is 4.98 Å². The fourth-order valence-electron chi connectivity index (χ4n) is 1.88. The number of hydrogen-bond donors (Lipinski definition) is 1. The molecule has 0 radical (unpaired) electrons. The summed E-state index contributed by atoms with van der Waals surface area (Å²) in [5.74, 6) is 0.0359. The van der Waals surface area contributed by atoms with Crippen LogP contribution in [-0.4, -0.2) is 27.2 Å². The Labute approximate surface area is 112 Å². The van der Waals surface area contributed by atoms with Gasteiger partial charge in [-0.1, -0.05) is 23.8 Å². The molecule has 0 aliphatic rings. The van der Waals surface area contributed by atoms with Gasteiger partial charge in [-0.2, -0.15) is 5.10 Å². The predicted molar refractivity (Wildman–Crippen MR) is 72.7 cm³/mol. The maximum Gasteiger partial charge on any atom is 0.224 e. The Morgan fingerprint density at radius 3 is 2.95 bits per heavy atom. The SMILES string of the molecule is Cc1ccc(C)c(CC(=O)NCCn2cncn2)c1. The van der Waals surface area contributed by atoms with E-state index in [-0.39, 0.29) is 5.91 Å². The number of nitrogens with zero attached hydrogens (tertiary/aromatic N) is 3. The maximum absolute atomic E-state index is 11.8. The van der Waals surface area contributed by atoms with Crippen molar-refractivity contribution in [1.82, 2.24) is 20.1 Å². The third-order valence-electron chi connectivity index (χ3n) is 2.99. The topological polar surface area (TPSA) is 59.8 Å². The van der Waals surface area contributed by atoms with Crippen LogP contribution in [-0.2, 0) is 17.8 Å². The van der Waals surface area contributed by atoms with Crippen LogP contribution in [0.2, 0.25) is 0 Å². The third-order valence-corrected chi connectivity index (χ3v) is 2.99. The monoisotopic (exact) mass is 258 g/mol. The molecule has 2 aromatic rings. The van der Waals surface area contributed by atoms with Crippen LogP contribution in [0.5, 0.6) is 0 Å². The zero-order valence-corrected chi connectivity index (χ0v) is 11.3. The summed E-state index contributed by atoms with van der Waals surface area (Å²) >= 11 is 0. The molecule has 0 unspecified atom stereocenters. The van der Waals surface area contributed by atoms with Crippen molar-refractivity contribution in [2.75, 3.05) is 6.54 Å². The van der Waals surface area contributed by atoms with Crippen LogP contribution >= 0.6 is 0 Å². The Kier molecular flexibility index (Phi) is 4.28. The molecule has 0 aliphatic carbocycles. The molecule has 0 aliphatic heterocycles. The van der Waals surface area contributed by atoms with Gasteiger partial charge in [0.25, 0.3) is 0 Å². The number of carbonyl (C=O) groups is 1. The van der Waals surface area contributed by atoms with Gasteiger partial charge in [0.1, 0.15) is 12.7 Å². The van der Waals surface area contributed by atoms with Gasteiger partial charge in [0.2, 0.25) is 5.91 Å². The molecule has 0 atom stereocenters. The van der Waals surface area contributed by atoms with Gasteiger partial charge < -0.3 is 5.32 Å². The van der Waals surface area contributed by atoms with Crippen LogP contribution < -0.4 is 5.32 Å². The Hall–Kier alpha value is -2.17. The molecule has 1 N–H and O–H groups in total. The molecule has 1 amide bonds. The van der Waals surface area contributed by atoms with Crippen molar-refractivity contribution in [3.63, 3.8) is 0 Å². The van der Waals surface area contributed by atoms with Gasteiger partial charge in [-0.15, -0.1) is 0 Å². The van der Waals surface area contributed by atoms with Crippen LogP contribution in [0.3, 0.4) is 0 Å². The van der Waals surface area contributed by atoms with E-state index in [9.17, 15) is 4.79 Å². The highest BCUT2D eigenvalue weighted by Gasteiger charge is 2.05. The van der Waals surface area contributed by atoms with E-state index in [1.54, 1.807) is 11.0 Å². The number of rotatable bonds is 5. The van der Waals surface area contributed by atoms with E-state index >= 15 is 0 Å². The summed E-state index contributed by atoms with van der Waals surface area (Å²) in [6, 6.07) is 6.17. The first kappa shape index (κ1) is 13.3. The van der Waals surface area contributed by atoms with Crippen molar-refractivity contribution >= 4 is 5.91 Å². The fraction of sp³-hybridized carbons (Fsp3) is 0.357. The Morgan fingerprint density at radius 2 is 2.21 bits per heavy atom. The van der Waals surface area contributed by atoms with E-state index < -0.39 is 0 Å². The van der Waals surface area contributed by atoms with Gasteiger partial charge >= 0.3 is 0 Å². The molecule has 0 saturated heterocycles. The summed E-state index contributed by atoms with van der Waals surface area (Å²) in [4.78, 5) is 15.7. The van der Waals surface area contributed by atoms with Gasteiger partial charge in [0, 0.05) is 6.54 Å². The molecule has 0 spiro atoms. The van der Waals surface area contributed by atoms with Gasteiger partial charge in [0.15, 0.2) is 0 Å². The van der Waals surface area contributed by atoms with Crippen LogP contribution in [0.15, 0.2) is 30.9 Å². The highest BCUT2D eigenvalue weighted by atomic mass is 16.1. The molecule has 1 heterocycles. The lowest BCUT2D eigenvalue weighted by Crippen LogP contribution is -2.28. The van der Waals surface area contributed by atoms with E-state index in [2.05, 4.69) is 27.5 Å². The lowest BCUT2D eigenvalue weighted by atomic mass is 10.0. The fourth-order valence-corrected chi connectivity index (χ4v) is 1.88. The zero-order valence-electron chi connectivity index (χ0n) is 11.3. The molecule has 1 aromatic heterocycles. The summed E-state index contributed by atoms with van der Waals surface area (Å²) in [5, 5.41) is 6.87. The van der Waals surface area contributed by atoms with Gasteiger partial charge in [0.05, 0.1) is 13.0 Å². The molecule has 1 aromatic carbocycles. The second-order valence-electron chi connectivity index (χ2n) is 4.62. The van der Waals surface area contributed by atoms with Crippen LogP contribution in [0.4, 0.5) is 0 Å². The average Bonchev–Trinajstić information content (AvgIpc) is 2.87. The van der Waals surface area contributed by atoms with Gasteiger partial charge in [-0.3, -0.25) is 9.48 Å². The maximum atomic E-state index is 11.8. The first-order valence-electron chi connectivity index (χ1n) is 6.30. The summed E-state index contributed by atoms with van der Waals surface area (Å²) in [7, 11) is 0. The van der Waals surface area contributed by atoms with Crippen molar-refractivity contribution in [3.8, 4) is 0 Å². The molecule has 5 nitrogen and oxygen atoms in total. The zero-order chi connectivity index (χ0) is 13.7. The van der Waals surface area contributed by atoms with Crippen LogP contribution in [0, 0.1) is 13.8 Å². The Morgan fingerprint density at radius 1 is 1.37 bits per heavy atom. The molecule has 0 bridgehead atoms. The number of nitrogens with one attached hydrogen (secondary N) is 1. The number of aromatic nitrogens is 3. The van der Waals surface area contributed by atoms with Crippen LogP contribution in [0.1, 0.15) is 16.7 Å². The second kappa shape index (κ2) is 6.13. The van der Waals surface area contributed by atoms with Crippen molar-refractivity contribution in [2.24, 2.45) is 0 Å². The summed E-state index contributed by atoms with van der Waals surface area (Å²) < 4.78 is 1.69. The van der Waals surface area contributed by atoms with Crippen molar-refractivity contribution in [2.45, 2.75) is 26.8 Å². The summed E-state index contributed by atoms with van der Waals surface area (Å²) in [6.07, 6.45) is 3.54. The van der Waals surface area contributed by atoms with Crippen molar-refractivity contribution < 1.29 is 4.79 Å². The first-order valence-corrected chi connectivity index (χ1v) is 6.30. The summed E-state index contributed by atoms with van der Waals surface area (Å²) in [5.41, 5.74) is 3.41. The molecular formula is C14H18N4O. The van der Waals surface area contributed by atoms with Gasteiger partial charge in [-0.05, 0) is 25.0 Å². The molecule has 100 valence electrons. The number of amides is 1. The minimum absolute atomic E-state index is 0.0359. The lowest BCUT2D eigenvalue weighted by molar-refractivity contribution is -0.120. The smallest absolute Gasteiger partial charge is 0.224 e. The predicted octanol–water partition coefficient (Wildman–Crippen LogP) is 1.25. The highest BCUT2D eigenvalue weighted by molar-refractivity contribution is 5.78. The Bertz CT molecular complexity index is 549. The van der Waals surface area contributed by atoms with Crippen LogP contribution in [0.25, 0.3) is 0 Å². The molecule has 2 rings (SSSR count). The van der Waals surface area contributed by atoms with E-state index in [0.29, 0.717) is 19.5 Å². The molecule has 5 heteroatoms. The number of hydrogen-bond acceptors (Lipinski definition) is 3. The standard InChI is InChI=1S/C14H18N4O/c1-11-3-4-12(2)13(7-11)8-14(19)16-5-6-18-10-15-9-17-18/h3-4,7,9-10H,5-6,8H2,1-2H3,(H,16,19). The first-order chi connectivity index (χ1) is 9.15. The lowest BCUT2D eigenvalue weighted by Gasteiger charge is -2.08. The second-order valence-corrected chi connectivity index (χ2v) is 4.62. The molecule has 0 fully saturated rings. The minimum atomic E-state index is 0.0359. The number of benzene rings is 1. The van der Waals surface area contributed by atoms with E-state index in [1.807, 2.05) is 19.9 Å². The average molecular weight is 258 g/mol. The number of aryl methyl sites for hydroxylation is 2. The van der Waals surface area contributed by atoms with E-state index in [0.717, 1.165) is 11.1 Å². The minimum Gasteiger partial charge on any atom is -0.354 e. The number of carbonyl (C=O) groups excluding carboxylic acids is 1. The quantitative estimate of drug-likeness (QED) is 0.878. The largest absolute Gasteiger partial charge is 0.354 e. The summed E-state index contributed by atoms with van der Waals surface area (Å²) in [6.45, 7) is 5.26. The van der Waals surface area contributed by atoms with Crippen molar-refractivity contribution in [1.29, 1.82) is 0 Å². The molecular weight excluding hydrogens is 240 g/mol. The van der Waals surface area contributed by atoms with E-state index in [4.69, 9.17) is 0 Å². The normalized spacial score (nSPS) is 10.4. The van der Waals surface area contributed by atoms with Crippen molar-refractivity contribution in [3.05, 3.63) is 47.5 Å².